The van der Waals surface area contributed by atoms with Crippen LogP contribution in [0.3, 0.4) is 0 Å². The largest absolute Gasteiger partial charge is 0.456 e. The molecular weight excluding hydrogens is 746 g/mol. The van der Waals surface area contributed by atoms with Crippen LogP contribution in [0.25, 0.3) is 0 Å². The average molecular weight is 818 g/mol. The first kappa shape index (κ1) is 47.9. The van der Waals surface area contributed by atoms with E-state index in [-0.39, 0.29) is 62.6 Å². The summed E-state index contributed by atoms with van der Waals surface area (Å²) in [5.74, 6) is -8.16. The van der Waals surface area contributed by atoms with E-state index in [0.717, 1.165) is 10.5 Å². The topological polar surface area (TPSA) is 200 Å². The molecule has 328 valence electrons. The second-order valence-electron chi connectivity index (χ2n) is 18.5. The van der Waals surface area contributed by atoms with Crippen molar-refractivity contribution in [1.82, 2.24) is 4.90 Å². The van der Waals surface area contributed by atoms with Crippen LogP contribution in [0.4, 0.5) is 0 Å². The van der Waals surface area contributed by atoms with Crippen molar-refractivity contribution in [3.8, 4) is 0 Å². The zero-order valence-electron chi connectivity index (χ0n) is 35.8. The van der Waals surface area contributed by atoms with E-state index < -0.39 is 83.2 Å². The van der Waals surface area contributed by atoms with Crippen LogP contribution >= 0.6 is 0 Å². The van der Waals surface area contributed by atoms with Crippen LogP contribution in [-0.2, 0) is 33.4 Å². The summed E-state index contributed by atoms with van der Waals surface area (Å²) in [6, 6.07) is -1.18. The molecule has 1 saturated carbocycles. The third-order valence-electron chi connectivity index (χ3n) is 13.4. The highest BCUT2D eigenvalue weighted by Gasteiger charge is 2.61. The second kappa shape index (κ2) is 20.7. The number of piperidine rings is 1. The quantitative estimate of drug-likeness (QED) is 0.140. The number of aliphatic hydroxyl groups excluding tert-OH is 4. The Morgan fingerprint density at radius 2 is 1.69 bits per heavy atom. The molecule has 3 aliphatic heterocycles. The lowest BCUT2D eigenvalue weighted by atomic mass is 9.69. The first-order valence-corrected chi connectivity index (χ1v) is 21.4. The van der Waals surface area contributed by atoms with Gasteiger partial charge in [0.1, 0.15) is 17.9 Å². The van der Waals surface area contributed by atoms with E-state index in [9.17, 15) is 44.7 Å². The van der Waals surface area contributed by atoms with Gasteiger partial charge in [-0.25, -0.2) is 4.79 Å². The van der Waals surface area contributed by atoms with Crippen molar-refractivity contribution < 1.29 is 58.9 Å². The van der Waals surface area contributed by atoms with Gasteiger partial charge in [-0.3, -0.25) is 14.4 Å². The molecule has 5 N–H and O–H groups in total. The molecule has 13 nitrogen and oxygen atoms in total. The summed E-state index contributed by atoms with van der Waals surface area (Å²) < 4.78 is 18.5. The molecule has 2 bridgehead atoms. The minimum Gasteiger partial charge on any atom is -0.456 e. The molecule has 2 saturated heterocycles. The summed E-state index contributed by atoms with van der Waals surface area (Å²) in [6.45, 7) is 14.1. The Labute approximate surface area is 344 Å². The fraction of sp³-hybridized carbons (Fsp3) is 0.778. The van der Waals surface area contributed by atoms with Crippen LogP contribution in [0.15, 0.2) is 36.0 Å². The summed E-state index contributed by atoms with van der Waals surface area (Å²) in [7, 11) is 1.50. The van der Waals surface area contributed by atoms with Crippen molar-refractivity contribution in [2.75, 3.05) is 26.9 Å². The van der Waals surface area contributed by atoms with E-state index >= 15 is 0 Å². The number of carbonyl (C=O) groups excluding carboxylic acids is 4. The number of nitrogens with zero attached hydrogens (tertiary/aromatic N) is 1. The van der Waals surface area contributed by atoms with E-state index in [1.54, 1.807) is 33.8 Å². The predicted molar refractivity (Wildman–Crippen MR) is 217 cm³/mol. The van der Waals surface area contributed by atoms with Gasteiger partial charge in [0.05, 0.1) is 24.4 Å². The second-order valence-corrected chi connectivity index (χ2v) is 18.5. The molecule has 3 heterocycles. The van der Waals surface area contributed by atoms with Crippen LogP contribution in [0.5, 0.6) is 0 Å². The van der Waals surface area contributed by atoms with E-state index in [0.29, 0.717) is 56.9 Å². The molecule has 1 amide bonds. The first-order chi connectivity index (χ1) is 27.3. The highest BCUT2D eigenvalue weighted by Crippen LogP contribution is 2.48. The average Bonchev–Trinajstić information content (AvgIpc) is 3.18. The molecule has 13 atom stereocenters. The number of hydrogen-bond acceptors (Lipinski definition) is 12. The molecule has 0 spiro atoms. The molecule has 13 heteroatoms. The van der Waals surface area contributed by atoms with Gasteiger partial charge < -0.3 is 44.6 Å². The van der Waals surface area contributed by atoms with E-state index in [4.69, 9.17) is 14.2 Å². The minimum absolute atomic E-state index is 0.0309. The number of rotatable bonds is 7. The van der Waals surface area contributed by atoms with Gasteiger partial charge >= 0.3 is 5.97 Å². The number of hydrogen-bond donors (Lipinski definition) is 5. The number of ketones is 2. The number of Topliss-reactive ketones (excluding diaryl/α,β-unsaturated/α-hetero) is 2. The van der Waals surface area contributed by atoms with E-state index in [1.807, 2.05) is 26.0 Å². The molecule has 1 aliphatic carbocycles. The maximum atomic E-state index is 14.4. The standard InChI is InChI=1S/C45H71NO12/c1-9-12-31-18-26(2)17-27(3)19-38(56-8)40-33(25-48)23-44(6,7)45(55,58-40)41(52)42(53)46-16-11-10-13-34(46)43(54)57-39(29(5)36(50)22-37(31)51)28(4)20-30-14-15-35(49)32(21-30)24-47/h9,18,20,27,29-36,38-40,47-50,55H,1,10-17,19,21-25H2,2-8H3/b26-18+,28-20+/t27-,29+,30-,31+,32-,33+,34-,35+,36-,38-,39+,40-,45-/m0/s1. The molecule has 4 aliphatic rings. The number of carbonyl (C=O) groups is 4. The maximum Gasteiger partial charge on any atom is 0.329 e. The van der Waals surface area contributed by atoms with Crippen LogP contribution in [-0.4, -0.2) is 123 Å². The van der Waals surface area contributed by atoms with Crippen LogP contribution in [0, 0.1) is 40.9 Å². The fourth-order valence-electron chi connectivity index (χ4n) is 9.91. The van der Waals surface area contributed by atoms with E-state index in [1.165, 1.54) is 7.11 Å². The van der Waals surface area contributed by atoms with Crippen molar-refractivity contribution in [1.29, 1.82) is 0 Å². The number of esters is 1. The molecule has 4 rings (SSSR count). The molecule has 0 radical (unpaired) electrons. The monoisotopic (exact) mass is 817 g/mol. The number of ether oxygens (including phenoxy) is 3. The molecular formula is C45H71NO12. The third-order valence-corrected chi connectivity index (χ3v) is 13.4. The van der Waals surface area contributed by atoms with Crippen molar-refractivity contribution in [2.45, 2.75) is 155 Å². The normalized spacial score (nSPS) is 40.1. The first-order valence-electron chi connectivity index (χ1n) is 21.4. The smallest absolute Gasteiger partial charge is 0.329 e. The summed E-state index contributed by atoms with van der Waals surface area (Å²) in [4.78, 5) is 58.1. The van der Waals surface area contributed by atoms with Gasteiger partial charge in [-0.15, -0.1) is 6.58 Å². The van der Waals surface area contributed by atoms with Crippen molar-refractivity contribution in [3.05, 3.63) is 36.0 Å². The molecule has 0 aromatic heterocycles. The molecule has 0 aromatic rings. The van der Waals surface area contributed by atoms with Gasteiger partial charge in [0.25, 0.3) is 11.7 Å². The lowest BCUT2D eigenvalue weighted by Crippen LogP contribution is -2.67. The molecule has 0 unspecified atom stereocenters. The Kier molecular flexibility index (Phi) is 17.1. The zero-order valence-corrected chi connectivity index (χ0v) is 35.8. The molecule has 0 aromatic carbocycles. The Hall–Kier alpha value is -2.78. The molecule has 3 fully saturated rings. The van der Waals surface area contributed by atoms with Crippen LogP contribution in [0.1, 0.15) is 112 Å². The van der Waals surface area contributed by atoms with Gasteiger partial charge in [-0.05, 0) is 95.5 Å². The Balaban J connectivity index is 1.80. The number of cyclic esters (lactones) is 1. The number of amides is 1. The van der Waals surface area contributed by atoms with E-state index in [2.05, 4.69) is 6.58 Å². The van der Waals surface area contributed by atoms with Gasteiger partial charge in [-0.1, -0.05) is 51.5 Å². The highest BCUT2D eigenvalue weighted by atomic mass is 16.7. The predicted octanol–water partition coefficient (Wildman–Crippen LogP) is 4.22. The Bertz CT molecular complexity index is 1520. The fourth-order valence-corrected chi connectivity index (χ4v) is 9.91. The number of fused-ring (bicyclic) bond motifs is 3. The van der Waals surface area contributed by atoms with Crippen molar-refractivity contribution in [2.24, 2.45) is 40.9 Å². The zero-order chi connectivity index (χ0) is 43.1. The summed E-state index contributed by atoms with van der Waals surface area (Å²) in [5, 5.41) is 54.8. The summed E-state index contributed by atoms with van der Waals surface area (Å²) in [5.41, 5.74) is 0.229. The number of aliphatic hydroxyl groups is 5. The lowest BCUT2D eigenvalue weighted by Gasteiger charge is -2.52. The Morgan fingerprint density at radius 3 is 2.33 bits per heavy atom. The number of methoxy groups -OCH3 is 1. The lowest BCUT2D eigenvalue weighted by molar-refractivity contribution is -0.319. The van der Waals surface area contributed by atoms with Crippen molar-refractivity contribution in [3.63, 3.8) is 0 Å². The third kappa shape index (κ3) is 10.9. The SMILES string of the molecule is C=CC[C@@H]1/C=C(\C)C[C@H](C)C[C@H](OC)[C@H]2O[C@@](O)(C(=O)C(=O)N3CCCC[C@H]3C(=O)O[C@H](/C(C)=C/[C@@H]3CC[C@@H](O)[C@H](CO)C3)[C@H](C)[C@@H](O)CC1=O)C(C)(C)C[C@@H]2CO. The minimum atomic E-state index is -2.61. The van der Waals surface area contributed by atoms with Gasteiger partial charge in [0, 0.05) is 62.4 Å². The van der Waals surface area contributed by atoms with Crippen LogP contribution in [0.2, 0.25) is 0 Å². The van der Waals surface area contributed by atoms with Crippen LogP contribution < -0.4 is 0 Å². The summed E-state index contributed by atoms with van der Waals surface area (Å²) in [6.07, 6.45) is 5.16. The summed E-state index contributed by atoms with van der Waals surface area (Å²) >= 11 is 0. The maximum absolute atomic E-state index is 14.4. The van der Waals surface area contributed by atoms with Gasteiger partial charge in [0.2, 0.25) is 5.79 Å². The van der Waals surface area contributed by atoms with Gasteiger partial charge in [0.15, 0.2) is 0 Å². The highest BCUT2D eigenvalue weighted by molar-refractivity contribution is 6.39. The number of allylic oxidation sites excluding steroid dienone is 4. The Morgan fingerprint density at radius 1 is 1.00 bits per heavy atom. The van der Waals surface area contributed by atoms with Crippen molar-refractivity contribution >= 4 is 23.4 Å². The molecule has 58 heavy (non-hydrogen) atoms. The van der Waals surface area contributed by atoms with Gasteiger partial charge in [-0.2, -0.15) is 0 Å².